The molecule has 66 heavy (non-hydrogen) atoms. The van der Waals surface area contributed by atoms with E-state index in [9.17, 15) is 0 Å². The summed E-state index contributed by atoms with van der Waals surface area (Å²) in [5, 5.41) is 0. The lowest BCUT2D eigenvalue weighted by atomic mass is 9.67. The van der Waals surface area contributed by atoms with Crippen LogP contribution in [0.4, 0.5) is 0 Å². The van der Waals surface area contributed by atoms with Crippen molar-refractivity contribution in [2.75, 3.05) is 0 Å². The van der Waals surface area contributed by atoms with Crippen LogP contribution in [0.25, 0.3) is 101 Å². The van der Waals surface area contributed by atoms with Crippen LogP contribution in [0.5, 0.6) is 0 Å². The predicted molar refractivity (Wildman–Crippen MR) is 273 cm³/mol. The average Bonchev–Trinajstić information content (AvgIpc) is 3.66. The van der Waals surface area contributed by atoms with Crippen LogP contribution in [0.3, 0.4) is 0 Å². The highest BCUT2D eigenvalue weighted by atomic mass is 15.0. The van der Waals surface area contributed by atoms with Crippen molar-refractivity contribution in [1.29, 1.82) is 0 Å². The first-order valence-electron chi connectivity index (χ1n) is 23.3. The van der Waals surface area contributed by atoms with Crippen LogP contribution in [0.2, 0.25) is 0 Å². The van der Waals surface area contributed by atoms with Crippen molar-refractivity contribution < 1.29 is 0 Å². The molecule has 1 saturated carbocycles. The summed E-state index contributed by atoms with van der Waals surface area (Å²) in [6.45, 7) is 0. The Hall–Kier alpha value is -8.01. The molecule has 0 bridgehead atoms. The highest BCUT2D eigenvalue weighted by molar-refractivity contribution is 5.85. The second-order valence-corrected chi connectivity index (χ2v) is 17.9. The molecule has 2 aliphatic rings. The average molecular weight is 846 g/mol. The van der Waals surface area contributed by atoms with Crippen LogP contribution < -0.4 is 0 Å². The molecule has 3 nitrogen and oxygen atoms in total. The van der Waals surface area contributed by atoms with E-state index in [0.29, 0.717) is 17.5 Å². The second kappa shape index (κ2) is 16.8. The van der Waals surface area contributed by atoms with Crippen molar-refractivity contribution in [2.24, 2.45) is 0 Å². The van der Waals surface area contributed by atoms with E-state index in [0.717, 1.165) is 38.9 Å². The molecule has 1 aromatic heterocycles. The van der Waals surface area contributed by atoms with Crippen LogP contribution in [0, 0.1) is 0 Å². The van der Waals surface area contributed by atoms with Gasteiger partial charge in [0.1, 0.15) is 0 Å². The first-order chi connectivity index (χ1) is 32.6. The fourth-order valence-corrected chi connectivity index (χ4v) is 10.5. The van der Waals surface area contributed by atoms with Crippen molar-refractivity contribution in [1.82, 2.24) is 15.0 Å². The minimum absolute atomic E-state index is 0.157. The smallest absolute Gasteiger partial charge is 0.164 e. The number of aromatic nitrogens is 3. The van der Waals surface area contributed by atoms with E-state index in [1.165, 1.54) is 82.2 Å². The molecular formula is C63H47N3. The van der Waals surface area contributed by atoms with Gasteiger partial charge in [-0.05, 0) is 103 Å². The lowest BCUT2D eigenvalue weighted by Gasteiger charge is -2.36. The van der Waals surface area contributed by atoms with Gasteiger partial charge in [0.15, 0.2) is 17.5 Å². The quantitative estimate of drug-likeness (QED) is 0.153. The normalized spacial score (nSPS) is 13.6. The third-order valence-electron chi connectivity index (χ3n) is 14.0. The van der Waals surface area contributed by atoms with Crippen molar-refractivity contribution >= 4 is 0 Å². The monoisotopic (exact) mass is 845 g/mol. The fourth-order valence-electron chi connectivity index (χ4n) is 10.5. The Morgan fingerprint density at radius 3 is 1.11 bits per heavy atom. The lowest BCUT2D eigenvalue weighted by molar-refractivity contribution is 0.353. The van der Waals surface area contributed by atoms with Gasteiger partial charge in [-0.3, -0.25) is 0 Å². The maximum absolute atomic E-state index is 5.11. The largest absolute Gasteiger partial charge is 0.208 e. The van der Waals surface area contributed by atoms with E-state index in [2.05, 4.69) is 212 Å². The molecule has 9 aromatic carbocycles. The summed E-state index contributed by atoms with van der Waals surface area (Å²) >= 11 is 0. The van der Waals surface area contributed by atoms with E-state index >= 15 is 0 Å². The zero-order valence-electron chi connectivity index (χ0n) is 36.7. The van der Waals surface area contributed by atoms with E-state index in [1.807, 2.05) is 12.1 Å². The van der Waals surface area contributed by atoms with E-state index in [1.54, 1.807) is 5.56 Å². The van der Waals surface area contributed by atoms with Crippen LogP contribution in [0.15, 0.2) is 224 Å². The minimum Gasteiger partial charge on any atom is -0.208 e. The number of hydrogen-bond donors (Lipinski definition) is 0. The van der Waals surface area contributed by atoms with Gasteiger partial charge in [-0.2, -0.15) is 0 Å². The van der Waals surface area contributed by atoms with Crippen molar-refractivity contribution in [3.05, 3.63) is 236 Å². The molecule has 0 amide bonds. The molecule has 2 aliphatic carbocycles. The molecule has 1 fully saturated rings. The Kier molecular flexibility index (Phi) is 10.1. The Labute approximate surface area is 387 Å². The van der Waals surface area contributed by atoms with Gasteiger partial charge in [0, 0.05) is 22.1 Å². The maximum Gasteiger partial charge on any atom is 0.164 e. The summed E-state index contributed by atoms with van der Waals surface area (Å²) in [5.41, 5.74) is 20.7. The van der Waals surface area contributed by atoms with Gasteiger partial charge in [-0.15, -0.1) is 0 Å². The Morgan fingerprint density at radius 2 is 0.591 bits per heavy atom. The van der Waals surface area contributed by atoms with Gasteiger partial charge in [0.2, 0.25) is 0 Å². The summed E-state index contributed by atoms with van der Waals surface area (Å²) in [7, 11) is 0. The number of benzene rings is 9. The summed E-state index contributed by atoms with van der Waals surface area (Å²) in [4.78, 5) is 15.3. The summed E-state index contributed by atoms with van der Waals surface area (Å²) in [6.07, 6.45) is 6.43. The Bertz CT molecular complexity index is 3230. The van der Waals surface area contributed by atoms with Crippen LogP contribution in [0.1, 0.15) is 43.2 Å². The van der Waals surface area contributed by atoms with Gasteiger partial charge in [0.25, 0.3) is 0 Å². The molecule has 0 aliphatic heterocycles. The topological polar surface area (TPSA) is 38.7 Å². The van der Waals surface area contributed by atoms with Gasteiger partial charge in [0.05, 0.1) is 0 Å². The lowest BCUT2D eigenvalue weighted by Crippen LogP contribution is -2.28. The van der Waals surface area contributed by atoms with Gasteiger partial charge in [-0.25, -0.2) is 15.0 Å². The molecule has 0 unspecified atom stereocenters. The van der Waals surface area contributed by atoms with Gasteiger partial charge in [-0.1, -0.05) is 232 Å². The molecule has 0 atom stereocenters. The van der Waals surface area contributed by atoms with E-state index in [4.69, 9.17) is 15.0 Å². The zero-order chi connectivity index (χ0) is 43.9. The molecule has 314 valence electrons. The molecule has 1 heterocycles. The highest BCUT2D eigenvalue weighted by Gasteiger charge is 2.43. The van der Waals surface area contributed by atoms with Crippen molar-refractivity contribution in [2.45, 2.75) is 37.5 Å². The number of hydrogen-bond acceptors (Lipinski definition) is 3. The SMILES string of the molecule is c1ccc(-c2ccc(-c3nc(-c4ccc(-c5ccccc5)cc4)nc(-c4cccc(-c5ccc(-c6ccc(-c7ccc8c(c7)C7(CCCCC7)c7ccccc7-8)cc6)cc5)c4)n3)cc2)cc1. The van der Waals surface area contributed by atoms with E-state index in [-0.39, 0.29) is 5.41 Å². The number of rotatable bonds is 8. The molecule has 10 aromatic rings. The van der Waals surface area contributed by atoms with Crippen molar-refractivity contribution in [3.63, 3.8) is 0 Å². The standard InChI is InChI=1S/C63H47N3/c1-4-13-43(14-5-1)45-29-33-51(34-30-45)60-64-61(52-35-31-46(32-36-52)44-15-6-2-7-16-44)66-62(65-60)55-18-12-17-53(41-55)49-25-21-47(22-26-49)48-23-27-50(28-24-48)54-37-38-57-56-19-8-9-20-58(56)63(59(57)42-54)39-10-3-11-40-63/h1-2,4-9,12-38,41-42H,3,10-11,39-40H2. The predicted octanol–water partition coefficient (Wildman–Crippen LogP) is 16.4. The third kappa shape index (κ3) is 7.33. The van der Waals surface area contributed by atoms with Gasteiger partial charge < -0.3 is 0 Å². The van der Waals surface area contributed by atoms with Gasteiger partial charge >= 0.3 is 0 Å². The molecule has 0 saturated heterocycles. The summed E-state index contributed by atoms with van der Waals surface area (Å²) in [6, 6.07) is 80.7. The first-order valence-corrected chi connectivity index (χ1v) is 23.3. The number of nitrogens with zero attached hydrogens (tertiary/aromatic N) is 3. The zero-order valence-corrected chi connectivity index (χ0v) is 36.7. The van der Waals surface area contributed by atoms with Crippen LogP contribution in [-0.2, 0) is 5.41 Å². The van der Waals surface area contributed by atoms with Crippen molar-refractivity contribution in [3.8, 4) is 101 Å². The Morgan fingerprint density at radius 1 is 0.242 bits per heavy atom. The second-order valence-electron chi connectivity index (χ2n) is 17.9. The maximum atomic E-state index is 5.11. The summed E-state index contributed by atoms with van der Waals surface area (Å²) < 4.78 is 0. The molecular weight excluding hydrogens is 799 g/mol. The van der Waals surface area contributed by atoms with E-state index < -0.39 is 0 Å². The number of fused-ring (bicyclic) bond motifs is 5. The minimum atomic E-state index is 0.157. The van der Waals surface area contributed by atoms with Crippen LogP contribution >= 0.6 is 0 Å². The first kappa shape index (κ1) is 39.6. The molecule has 0 radical (unpaired) electrons. The van der Waals surface area contributed by atoms with Crippen LogP contribution in [-0.4, -0.2) is 15.0 Å². The molecule has 1 spiro atoms. The summed E-state index contributed by atoms with van der Waals surface area (Å²) in [5.74, 6) is 1.91. The highest BCUT2D eigenvalue weighted by Crippen LogP contribution is 2.56. The fraction of sp³-hybridized carbons (Fsp3) is 0.0952. The molecule has 12 rings (SSSR count). The molecule has 3 heteroatoms. The third-order valence-corrected chi connectivity index (χ3v) is 14.0. The molecule has 0 N–H and O–H groups in total. The Balaban J connectivity index is 0.829.